The fraction of sp³-hybridized carbons (Fsp3) is 0.500. The number of ether oxygens (including phenoxy) is 1. The van der Waals surface area contributed by atoms with E-state index in [0.717, 1.165) is 30.5 Å². The second-order valence-electron chi connectivity index (χ2n) is 7.30. The first-order chi connectivity index (χ1) is 12.3. The summed E-state index contributed by atoms with van der Waals surface area (Å²) in [5.74, 6) is 0.507. The lowest BCUT2D eigenvalue weighted by atomic mass is 10.1. The number of rotatable bonds is 8. The lowest BCUT2D eigenvalue weighted by Crippen LogP contribution is -2.38. The minimum absolute atomic E-state index is 0.205. The van der Waals surface area contributed by atoms with Crippen LogP contribution in [-0.4, -0.2) is 28.4 Å². The molecular formula is C20H27ClFN3O. The molecule has 0 unspecified atom stereocenters. The molecule has 2 heterocycles. The molecular weight excluding hydrogens is 353 g/mol. The number of hydrogen-bond acceptors (Lipinski definition) is 4. The van der Waals surface area contributed by atoms with E-state index in [0.29, 0.717) is 29.5 Å². The molecule has 1 aromatic rings. The zero-order valence-corrected chi connectivity index (χ0v) is 16.5. The Kier molecular flexibility index (Phi) is 7.21. The van der Waals surface area contributed by atoms with E-state index < -0.39 is 0 Å². The van der Waals surface area contributed by atoms with Crippen molar-refractivity contribution in [2.24, 2.45) is 5.10 Å². The van der Waals surface area contributed by atoms with E-state index in [1.807, 2.05) is 32.9 Å². The van der Waals surface area contributed by atoms with Crippen molar-refractivity contribution in [1.82, 2.24) is 9.99 Å². The average molecular weight is 380 g/mol. The largest absolute Gasteiger partial charge is 0.486 e. The van der Waals surface area contributed by atoms with E-state index in [1.165, 1.54) is 0 Å². The number of alkyl halides is 1. The monoisotopic (exact) mass is 379 g/mol. The molecule has 6 heteroatoms. The summed E-state index contributed by atoms with van der Waals surface area (Å²) in [6.45, 7) is 10.2. The maximum atomic E-state index is 12.1. The zero-order chi connectivity index (χ0) is 19.2. The Morgan fingerprint density at radius 3 is 2.62 bits per heavy atom. The molecule has 0 fully saturated rings. The second-order valence-corrected chi connectivity index (χ2v) is 7.68. The lowest BCUT2D eigenvalue weighted by Gasteiger charge is -2.36. The van der Waals surface area contributed by atoms with Crippen LogP contribution in [0.1, 0.15) is 51.3 Å². The molecule has 0 aromatic carbocycles. The van der Waals surface area contributed by atoms with Crippen LogP contribution in [0.4, 0.5) is 4.39 Å². The van der Waals surface area contributed by atoms with Crippen LogP contribution in [0.5, 0.6) is 0 Å². The Morgan fingerprint density at radius 2 is 2.00 bits per heavy atom. The van der Waals surface area contributed by atoms with Crippen LogP contribution in [-0.2, 0) is 17.8 Å². The number of unbranched alkanes of at least 4 members (excludes halogenated alkanes) is 2. The van der Waals surface area contributed by atoms with Gasteiger partial charge in [-0.1, -0.05) is 30.7 Å². The first-order valence-electron chi connectivity index (χ1n) is 8.88. The Bertz CT molecular complexity index is 677. The SMILES string of the molecule is C=C1C(Cl)=C(OCc2ccc(CCCCCF)nc2)C=NN1C(C)(C)C. The van der Waals surface area contributed by atoms with Gasteiger partial charge in [0.2, 0.25) is 0 Å². The summed E-state index contributed by atoms with van der Waals surface area (Å²) in [6, 6.07) is 3.97. The van der Waals surface area contributed by atoms with Gasteiger partial charge in [-0.2, -0.15) is 5.10 Å². The summed E-state index contributed by atoms with van der Waals surface area (Å²) in [5, 5.41) is 6.63. The molecule has 0 aliphatic carbocycles. The molecule has 1 aliphatic rings. The molecule has 26 heavy (non-hydrogen) atoms. The quantitative estimate of drug-likeness (QED) is 0.572. The molecule has 0 spiro atoms. The topological polar surface area (TPSA) is 37.7 Å². The molecule has 0 saturated carbocycles. The Morgan fingerprint density at radius 1 is 1.23 bits per heavy atom. The van der Waals surface area contributed by atoms with Crippen molar-refractivity contribution in [3.63, 3.8) is 0 Å². The number of hydrazone groups is 1. The van der Waals surface area contributed by atoms with Gasteiger partial charge < -0.3 is 4.74 Å². The number of halogens is 2. The average Bonchev–Trinajstić information content (AvgIpc) is 2.60. The Hall–Kier alpha value is -1.88. The van der Waals surface area contributed by atoms with Gasteiger partial charge in [0.25, 0.3) is 0 Å². The minimum atomic E-state index is -0.245. The van der Waals surface area contributed by atoms with Crippen molar-refractivity contribution >= 4 is 17.8 Å². The van der Waals surface area contributed by atoms with Crippen LogP contribution >= 0.6 is 11.6 Å². The van der Waals surface area contributed by atoms with Crippen LogP contribution < -0.4 is 0 Å². The summed E-state index contributed by atoms with van der Waals surface area (Å²) in [5.41, 5.74) is 2.38. The number of aromatic nitrogens is 1. The van der Waals surface area contributed by atoms with E-state index in [-0.39, 0.29) is 12.2 Å². The maximum Gasteiger partial charge on any atom is 0.160 e. The van der Waals surface area contributed by atoms with Gasteiger partial charge in [-0.05, 0) is 46.1 Å². The number of pyridine rings is 1. The molecule has 0 saturated heterocycles. The Labute approximate surface area is 160 Å². The molecule has 4 nitrogen and oxygen atoms in total. The highest BCUT2D eigenvalue weighted by Crippen LogP contribution is 2.31. The van der Waals surface area contributed by atoms with Crippen molar-refractivity contribution in [2.75, 3.05) is 6.67 Å². The maximum absolute atomic E-state index is 12.1. The highest BCUT2D eigenvalue weighted by atomic mass is 35.5. The van der Waals surface area contributed by atoms with Crippen LogP contribution in [0, 0.1) is 0 Å². The zero-order valence-electron chi connectivity index (χ0n) is 15.8. The van der Waals surface area contributed by atoms with Crippen LogP contribution in [0.15, 0.2) is 46.5 Å². The van der Waals surface area contributed by atoms with E-state index in [1.54, 1.807) is 17.4 Å². The van der Waals surface area contributed by atoms with Crippen LogP contribution in [0.3, 0.4) is 0 Å². The predicted molar refractivity (Wildman–Crippen MR) is 105 cm³/mol. The van der Waals surface area contributed by atoms with Gasteiger partial charge in [-0.3, -0.25) is 14.4 Å². The van der Waals surface area contributed by atoms with Crippen molar-refractivity contribution in [3.8, 4) is 0 Å². The number of hydrogen-bond donors (Lipinski definition) is 0. The van der Waals surface area contributed by atoms with Gasteiger partial charge in [-0.25, -0.2) is 0 Å². The van der Waals surface area contributed by atoms with Crippen molar-refractivity contribution in [3.05, 3.63) is 52.7 Å². The van der Waals surface area contributed by atoms with E-state index in [9.17, 15) is 4.39 Å². The summed E-state index contributed by atoms with van der Waals surface area (Å²) in [4.78, 5) is 4.44. The molecule has 142 valence electrons. The van der Waals surface area contributed by atoms with Crippen molar-refractivity contribution in [2.45, 2.75) is 58.6 Å². The molecule has 1 aromatic heterocycles. The van der Waals surface area contributed by atoms with Crippen LogP contribution in [0.25, 0.3) is 0 Å². The highest BCUT2D eigenvalue weighted by molar-refractivity contribution is 6.33. The fourth-order valence-corrected chi connectivity index (χ4v) is 2.76. The summed E-state index contributed by atoms with van der Waals surface area (Å²) >= 11 is 6.39. The summed E-state index contributed by atoms with van der Waals surface area (Å²) < 4.78 is 17.9. The Balaban J connectivity index is 1.90. The smallest absolute Gasteiger partial charge is 0.160 e. The molecule has 0 N–H and O–H groups in total. The number of nitrogens with zero attached hydrogens (tertiary/aromatic N) is 3. The third kappa shape index (κ3) is 5.56. The molecule has 0 amide bonds. The van der Waals surface area contributed by atoms with Gasteiger partial charge in [-0.15, -0.1) is 0 Å². The van der Waals surface area contributed by atoms with Crippen LogP contribution in [0.2, 0.25) is 0 Å². The standard InChI is InChI=1S/C20H27ClFN3O/c1-15-19(21)18(13-24-25(15)20(2,3)4)26-14-16-9-10-17(23-12-16)8-6-5-7-11-22/h9-10,12-13H,1,5-8,11,14H2,2-4H3. The molecule has 2 rings (SSSR count). The van der Waals surface area contributed by atoms with E-state index in [4.69, 9.17) is 16.3 Å². The summed E-state index contributed by atoms with van der Waals surface area (Å²) in [7, 11) is 0. The van der Waals surface area contributed by atoms with Gasteiger partial charge in [0.15, 0.2) is 5.76 Å². The van der Waals surface area contributed by atoms with Crippen molar-refractivity contribution in [1.29, 1.82) is 0 Å². The number of aryl methyl sites for hydroxylation is 1. The molecule has 1 aliphatic heterocycles. The predicted octanol–water partition coefficient (Wildman–Crippen LogP) is 5.34. The minimum Gasteiger partial charge on any atom is -0.486 e. The number of allylic oxidation sites excluding steroid dienone is 2. The first kappa shape index (κ1) is 20.4. The van der Waals surface area contributed by atoms with Gasteiger partial charge in [0.05, 0.1) is 24.1 Å². The lowest BCUT2D eigenvalue weighted by molar-refractivity contribution is 0.180. The van der Waals surface area contributed by atoms with Gasteiger partial charge >= 0.3 is 0 Å². The normalized spacial score (nSPS) is 15.0. The second kappa shape index (κ2) is 9.17. The third-order valence-electron chi connectivity index (χ3n) is 4.00. The molecule has 0 radical (unpaired) electrons. The fourth-order valence-electron chi connectivity index (χ4n) is 2.58. The molecule has 0 bridgehead atoms. The third-order valence-corrected chi connectivity index (χ3v) is 4.40. The van der Waals surface area contributed by atoms with Gasteiger partial charge in [0, 0.05) is 17.5 Å². The van der Waals surface area contributed by atoms with Gasteiger partial charge in [0.1, 0.15) is 11.6 Å². The van der Waals surface area contributed by atoms with E-state index >= 15 is 0 Å². The molecule has 0 atom stereocenters. The van der Waals surface area contributed by atoms with E-state index in [2.05, 4.69) is 16.7 Å². The van der Waals surface area contributed by atoms with Crippen molar-refractivity contribution < 1.29 is 9.13 Å². The summed E-state index contributed by atoms with van der Waals surface area (Å²) in [6.07, 6.45) is 6.77. The first-order valence-corrected chi connectivity index (χ1v) is 9.26. The highest BCUT2D eigenvalue weighted by Gasteiger charge is 2.28.